The summed E-state index contributed by atoms with van der Waals surface area (Å²) in [6, 6.07) is 10.7. The van der Waals surface area contributed by atoms with Gasteiger partial charge in [0.2, 0.25) is 0 Å². The Hall–Kier alpha value is -2.27. The van der Waals surface area contributed by atoms with Gasteiger partial charge >= 0.3 is 6.18 Å². The van der Waals surface area contributed by atoms with Crippen molar-refractivity contribution < 1.29 is 13.2 Å². The molecule has 134 valence electrons. The summed E-state index contributed by atoms with van der Waals surface area (Å²) < 4.78 is 39.1. The molecule has 4 rings (SSSR count). The van der Waals surface area contributed by atoms with E-state index in [1.165, 1.54) is 6.07 Å². The van der Waals surface area contributed by atoms with Crippen LogP contribution in [-0.2, 0) is 19.0 Å². The van der Waals surface area contributed by atoms with Crippen molar-refractivity contribution in [3.05, 3.63) is 64.3 Å². The maximum Gasteiger partial charge on any atom is 0.416 e. The van der Waals surface area contributed by atoms with E-state index in [0.717, 1.165) is 65.7 Å². The lowest BCUT2D eigenvalue weighted by Gasteiger charge is -2.22. The minimum absolute atomic E-state index is 0.412. The Morgan fingerprint density at radius 3 is 2.62 bits per heavy atom. The van der Waals surface area contributed by atoms with Gasteiger partial charge in [-0.3, -0.25) is 4.98 Å². The van der Waals surface area contributed by atoms with E-state index in [4.69, 9.17) is 16.6 Å². The summed E-state index contributed by atoms with van der Waals surface area (Å²) in [5.41, 5.74) is 3.42. The molecule has 0 spiro atoms. The van der Waals surface area contributed by atoms with Crippen molar-refractivity contribution in [3.8, 4) is 0 Å². The second-order valence-electron chi connectivity index (χ2n) is 6.48. The number of hydrogen-bond acceptors (Lipinski definition) is 2. The van der Waals surface area contributed by atoms with Crippen LogP contribution in [0.25, 0.3) is 10.9 Å². The van der Waals surface area contributed by atoms with E-state index in [2.05, 4.69) is 5.32 Å². The summed E-state index contributed by atoms with van der Waals surface area (Å²) in [5.74, 6) is 0. The van der Waals surface area contributed by atoms with E-state index in [1.54, 1.807) is 18.2 Å². The lowest BCUT2D eigenvalue weighted by molar-refractivity contribution is -0.137. The zero-order chi connectivity index (χ0) is 18.3. The molecule has 1 aromatic heterocycles. The van der Waals surface area contributed by atoms with Crippen molar-refractivity contribution in [2.45, 2.75) is 31.9 Å². The van der Waals surface area contributed by atoms with Crippen LogP contribution < -0.4 is 5.32 Å². The Bertz CT molecular complexity index is 983. The maximum absolute atomic E-state index is 13.0. The third-order valence-corrected chi connectivity index (χ3v) is 4.92. The molecule has 2 nitrogen and oxygen atoms in total. The van der Waals surface area contributed by atoms with Gasteiger partial charge in [0.25, 0.3) is 0 Å². The fourth-order valence-corrected chi connectivity index (χ4v) is 3.63. The standard InChI is InChI=1S/C20H16ClF3N2/c21-13-8-9-16-18(11-13)26-17-7-2-1-6-15(17)19(16)25-14-5-3-4-12(10-14)20(22,23)24/h3-5,8-11H,1-2,6-7H2,(H,25,26). The SMILES string of the molecule is FC(F)(F)c1cccc(Nc2c3c(nc4cc(Cl)ccc24)CCCC3)c1. The predicted molar refractivity (Wildman–Crippen MR) is 98.1 cm³/mol. The molecule has 1 aliphatic rings. The molecule has 0 aliphatic heterocycles. The zero-order valence-corrected chi connectivity index (χ0v) is 14.6. The van der Waals surface area contributed by atoms with E-state index in [0.29, 0.717) is 10.7 Å². The Morgan fingerprint density at radius 2 is 1.81 bits per heavy atom. The van der Waals surface area contributed by atoms with E-state index < -0.39 is 11.7 Å². The molecule has 6 heteroatoms. The molecule has 0 unspecified atom stereocenters. The van der Waals surface area contributed by atoms with Gasteiger partial charge < -0.3 is 5.32 Å². The van der Waals surface area contributed by atoms with Gasteiger partial charge in [0.05, 0.1) is 16.8 Å². The fraction of sp³-hybridized carbons (Fsp3) is 0.250. The van der Waals surface area contributed by atoms with Gasteiger partial charge in [0.15, 0.2) is 0 Å². The number of anilines is 2. The van der Waals surface area contributed by atoms with Crippen molar-refractivity contribution in [2.75, 3.05) is 5.32 Å². The number of benzene rings is 2. The largest absolute Gasteiger partial charge is 0.416 e. The Kier molecular flexibility index (Phi) is 4.27. The van der Waals surface area contributed by atoms with E-state index in [1.807, 2.05) is 6.07 Å². The van der Waals surface area contributed by atoms with Crippen molar-refractivity contribution >= 4 is 33.9 Å². The molecule has 1 heterocycles. The van der Waals surface area contributed by atoms with Crippen LogP contribution in [0.1, 0.15) is 29.7 Å². The molecule has 0 saturated carbocycles. The van der Waals surface area contributed by atoms with E-state index in [-0.39, 0.29) is 0 Å². The topological polar surface area (TPSA) is 24.9 Å². The van der Waals surface area contributed by atoms with Gasteiger partial charge in [-0.25, -0.2) is 0 Å². The van der Waals surface area contributed by atoms with Crippen molar-refractivity contribution in [1.29, 1.82) is 0 Å². The Morgan fingerprint density at radius 1 is 1.00 bits per heavy atom. The van der Waals surface area contributed by atoms with Crippen molar-refractivity contribution in [1.82, 2.24) is 4.98 Å². The van der Waals surface area contributed by atoms with Crippen LogP contribution in [0.5, 0.6) is 0 Å². The molecule has 0 radical (unpaired) electrons. The van der Waals surface area contributed by atoms with Crippen LogP contribution >= 0.6 is 11.6 Å². The summed E-state index contributed by atoms with van der Waals surface area (Å²) in [6.07, 6.45) is -0.525. The van der Waals surface area contributed by atoms with E-state index >= 15 is 0 Å². The summed E-state index contributed by atoms with van der Waals surface area (Å²) in [7, 11) is 0. The molecule has 0 amide bonds. The number of halogens is 4. The molecule has 0 saturated heterocycles. The van der Waals surface area contributed by atoms with Gasteiger partial charge in [0.1, 0.15) is 0 Å². The van der Waals surface area contributed by atoms with E-state index in [9.17, 15) is 13.2 Å². The first-order valence-electron chi connectivity index (χ1n) is 8.47. The number of aryl methyl sites for hydroxylation is 1. The molecule has 0 fully saturated rings. The zero-order valence-electron chi connectivity index (χ0n) is 13.8. The number of hydrogen-bond donors (Lipinski definition) is 1. The number of pyridine rings is 1. The van der Waals surface area contributed by atoms with Gasteiger partial charge in [-0.15, -0.1) is 0 Å². The molecular formula is C20H16ClF3N2. The molecule has 0 atom stereocenters. The first-order chi connectivity index (χ1) is 12.4. The highest BCUT2D eigenvalue weighted by atomic mass is 35.5. The molecule has 0 bridgehead atoms. The van der Waals surface area contributed by atoms with Crippen LogP contribution in [-0.4, -0.2) is 4.98 Å². The molecular weight excluding hydrogens is 361 g/mol. The summed E-state index contributed by atoms with van der Waals surface area (Å²) in [4.78, 5) is 4.73. The first kappa shape index (κ1) is 17.2. The predicted octanol–water partition coefficient (Wildman–Crippen LogP) is 6.53. The lowest BCUT2D eigenvalue weighted by Crippen LogP contribution is -2.10. The number of fused-ring (bicyclic) bond motifs is 2. The number of nitrogens with one attached hydrogen (secondary N) is 1. The minimum atomic E-state index is -4.37. The second-order valence-corrected chi connectivity index (χ2v) is 6.92. The number of alkyl halides is 3. The van der Waals surface area contributed by atoms with Crippen LogP contribution in [0, 0.1) is 0 Å². The normalized spacial score (nSPS) is 14.3. The maximum atomic E-state index is 13.0. The van der Waals surface area contributed by atoms with Gasteiger partial charge in [-0.2, -0.15) is 13.2 Å². The number of rotatable bonds is 2. The fourth-order valence-electron chi connectivity index (χ4n) is 3.46. The summed E-state index contributed by atoms with van der Waals surface area (Å²) >= 11 is 6.10. The first-order valence-corrected chi connectivity index (χ1v) is 8.85. The molecule has 3 aromatic rings. The molecule has 1 aliphatic carbocycles. The number of aromatic nitrogens is 1. The molecule has 26 heavy (non-hydrogen) atoms. The van der Waals surface area contributed by atoms with Crippen LogP contribution in [0.4, 0.5) is 24.5 Å². The highest BCUT2D eigenvalue weighted by Gasteiger charge is 2.30. The van der Waals surface area contributed by atoms with Crippen molar-refractivity contribution in [2.24, 2.45) is 0 Å². The van der Waals surface area contributed by atoms with Gasteiger partial charge in [-0.1, -0.05) is 17.7 Å². The highest BCUT2D eigenvalue weighted by molar-refractivity contribution is 6.31. The smallest absolute Gasteiger partial charge is 0.355 e. The molecule has 2 aromatic carbocycles. The van der Waals surface area contributed by atoms with Gasteiger partial charge in [0, 0.05) is 21.8 Å². The average Bonchev–Trinajstić information content (AvgIpc) is 2.61. The average molecular weight is 377 g/mol. The summed E-state index contributed by atoms with van der Waals surface area (Å²) in [6.45, 7) is 0. The Balaban J connectivity index is 1.85. The summed E-state index contributed by atoms with van der Waals surface area (Å²) in [5, 5.41) is 4.68. The molecule has 1 N–H and O–H groups in total. The Labute approximate surface area is 154 Å². The van der Waals surface area contributed by atoms with Crippen molar-refractivity contribution in [3.63, 3.8) is 0 Å². The monoisotopic (exact) mass is 376 g/mol. The quantitative estimate of drug-likeness (QED) is 0.550. The van der Waals surface area contributed by atoms with Gasteiger partial charge in [-0.05, 0) is 67.6 Å². The minimum Gasteiger partial charge on any atom is -0.355 e. The third kappa shape index (κ3) is 3.23. The third-order valence-electron chi connectivity index (χ3n) is 4.68. The number of nitrogens with zero attached hydrogens (tertiary/aromatic N) is 1. The second kappa shape index (κ2) is 6.47. The van der Waals surface area contributed by atoms with Crippen LogP contribution in [0.3, 0.4) is 0 Å². The lowest BCUT2D eigenvalue weighted by atomic mass is 9.92. The highest BCUT2D eigenvalue weighted by Crippen LogP contribution is 2.37. The van der Waals surface area contributed by atoms with Crippen LogP contribution in [0.2, 0.25) is 5.02 Å². The van der Waals surface area contributed by atoms with Crippen LogP contribution in [0.15, 0.2) is 42.5 Å².